The van der Waals surface area contributed by atoms with Gasteiger partial charge >= 0.3 is 6.09 Å². The van der Waals surface area contributed by atoms with E-state index in [1.165, 1.54) is 12.0 Å². The molecule has 0 aromatic rings. The minimum absolute atomic E-state index is 0.0945. The number of ether oxygens (including phenoxy) is 3. The molecular formula is C16H27NO4. The van der Waals surface area contributed by atoms with Crippen LogP contribution in [0.15, 0.2) is 38.0 Å². The van der Waals surface area contributed by atoms with E-state index in [-0.39, 0.29) is 6.79 Å². The molecule has 0 aromatic heterocycles. The first-order chi connectivity index (χ1) is 9.80. The van der Waals surface area contributed by atoms with Crippen molar-refractivity contribution in [2.45, 2.75) is 38.5 Å². The molecule has 1 amide bonds. The van der Waals surface area contributed by atoms with Crippen LogP contribution in [-0.2, 0) is 14.2 Å². The first-order valence-corrected chi connectivity index (χ1v) is 6.76. The summed E-state index contributed by atoms with van der Waals surface area (Å²) in [7, 11) is 1.53. The van der Waals surface area contributed by atoms with Gasteiger partial charge in [-0.2, -0.15) is 0 Å². The van der Waals surface area contributed by atoms with Gasteiger partial charge in [-0.15, -0.1) is 19.7 Å². The van der Waals surface area contributed by atoms with Gasteiger partial charge in [-0.05, 0) is 20.8 Å². The molecule has 0 radical (unpaired) electrons. The van der Waals surface area contributed by atoms with Crippen LogP contribution in [0.1, 0.15) is 20.8 Å². The van der Waals surface area contributed by atoms with Crippen LogP contribution in [0.25, 0.3) is 0 Å². The summed E-state index contributed by atoms with van der Waals surface area (Å²) in [6, 6.07) is -0.425. The van der Waals surface area contributed by atoms with Crippen LogP contribution >= 0.6 is 0 Å². The normalized spacial score (nSPS) is 13.9. The van der Waals surface area contributed by atoms with E-state index < -0.39 is 23.8 Å². The van der Waals surface area contributed by atoms with Crippen LogP contribution in [-0.4, -0.2) is 49.2 Å². The predicted octanol–water partition coefficient (Wildman–Crippen LogP) is 3.14. The van der Waals surface area contributed by atoms with E-state index in [1.807, 2.05) is 20.8 Å². The summed E-state index contributed by atoms with van der Waals surface area (Å²) in [5, 5.41) is 0. The smallest absolute Gasteiger partial charge is 0.411 e. The van der Waals surface area contributed by atoms with Crippen molar-refractivity contribution in [3.8, 4) is 0 Å². The van der Waals surface area contributed by atoms with E-state index in [0.29, 0.717) is 6.54 Å². The van der Waals surface area contributed by atoms with Gasteiger partial charge < -0.3 is 14.2 Å². The zero-order valence-electron chi connectivity index (χ0n) is 13.5. The lowest BCUT2D eigenvalue weighted by atomic mass is 10.1. The number of carbonyl (C=O) groups excluding carboxylic acids is 1. The molecule has 0 rings (SSSR count). The summed E-state index contributed by atoms with van der Waals surface area (Å²) >= 11 is 0. The van der Waals surface area contributed by atoms with Crippen molar-refractivity contribution in [1.82, 2.24) is 4.90 Å². The van der Waals surface area contributed by atoms with Crippen molar-refractivity contribution >= 4 is 6.09 Å². The van der Waals surface area contributed by atoms with Crippen molar-refractivity contribution in [3.05, 3.63) is 38.0 Å². The lowest BCUT2D eigenvalue weighted by Gasteiger charge is -2.34. The highest BCUT2D eigenvalue weighted by Crippen LogP contribution is 2.16. The number of hydrogen-bond donors (Lipinski definition) is 0. The Morgan fingerprint density at radius 3 is 2.24 bits per heavy atom. The minimum atomic E-state index is -0.584. The second-order valence-corrected chi connectivity index (χ2v) is 5.42. The van der Waals surface area contributed by atoms with Crippen molar-refractivity contribution in [2.24, 2.45) is 0 Å². The lowest BCUT2D eigenvalue weighted by Crippen LogP contribution is -2.48. The summed E-state index contributed by atoms with van der Waals surface area (Å²) in [5.74, 6) is 0. The van der Waals surface area contributed by atoms with Crippen LogP contribution in [0.3, 0.4) is 0 Å². The van der Waals surface area contributed by atoms with Crippen molar-refractivity contribution in [2.75, 3.05) is 20.4 Å². The second kappa shape index (κ2) is 9.37. The molecule has 0 aromatic carbocycles. The predicted molar refractivity (Wildman–Crippen MR) is 84.1 cm³/mol. The Bertz CT molecular complexity index is 360. The third-order valence-corrected chi connectivity index (χ3v) is 2.50. The first kappa shape index (κ1) is 19.4. The number of nitrogens with zero attached hydrogens (tertiary/aromatic N) is 1. The molecule has 0 saturated carbocycles. The fourth-order valence-electron chi connectivity index (χ4n) is 1.67. The largest absolute Gasteiger partial charge is 0.444 e. The zero-order valence-corrected chi connectivity index (χ0v) is 13.5. The highest BCUT2D eigenvalue weighted by Gasteiger charge is 2.30. The molecule has 0 fully saturated rings. The monoisotopic (exact) mass is 297 g/mol. The molecule has 0 N–H and O–H groups in total. The fraction of sp³-hybridized carbons (Fsp3) is 0.562. The molecule has 21 heavy (non-hydrogen) atoms. The Morgan fingerprint density at radius 2 is 1.86 bits per heavy atom. The lowest BCUT2D eigenvalue weighted by molar-refractivity contribution is -0.0747. The quantitative estimate of drug-likeness (QED) is 0.484. The number of rotatable bonds is 9. The third kappa shape index (κ3) is 7.11. The van der Waals surface area contributed by atoms with Crippen molar-refractivity contribution < 1.29 is 19.0 Å². The van der Waals surface area contributed by atoms with E-state index in [9.17, 15) is 4.79 Å². The fourth-order valence-corrected chi connectivity index (χ4v) is 1.67. The van der Waals surface area contributed by atoms with E-state index in [4.69, 9.17) is 14.2 Å². The summed E-state index contributed by atoms with van der Waals surface area (Å²) in [6.45, 7) is 17.0. The van der Waals surface area contributed by atoms with Gasteiger partial charge in [0.25, 0.3) is 0 Å². The van der Waals surface area contributed by atoms with Gasteiger partial charge in [0.05, 0.1) is 6.04 Å². The molecule has 2 atom stereocenters. The summed E-state index contributed by atoms with van der Waals surface area (Å²) < 4.78 is 15.8. The number of amides is 1. The van der Waals surface area contributed by atoms with Gasteiger partial charge in [-0.1, -0.05) is 18.2 Å². The van der Waals surface area contributed by atoms with Crippen LogP contribution in [0.4, 0.5) is 4.79 Å². The topological polar surface area (TPSA) is 48.0 Å². The van der Waals surface area contributed by atoms with Gasteiger partial charge in [-0.25, -0.2) is 4.79 Å². The Hall–Kier alpha value is -1.59. The molecule has 5 heteroatoms. The van der Waals surface area contributed by atoms with E-state index in [2.05, 4.69) is 19.7 Å². The average Bonchev–Trinajstić information content (AvgIpc) is 2.39. The molecule has 0 spiro atoms. The Kier molecular flexibility index (Phi) is 8.66. The van der Waals surface area contributed by atoms with Crippen LogP contribution in [0.5, 0.6) is 0 Å². The maximum absolute atomic E-state index is 12.3. The molecular weight excluding hydrogens is 270 g/mol. The highest BCUT2D eigenvalue weighted by atomic mass is 16.7. The van der Waals surface area contributed by atoms with Crippen molar-refractivity contribution in [1.29, 1.82) is 0 Å². The van der Waals surface area contributed by atoms with Crippen LogP contribution < -0.4 is 0 Å². The average molecular weight is 297 g/mol. The molecule has 0 aliphatic carbocycles. The number of carbonyl (C=O) groups is 1. The van der Waals surface area contributed by atoms with E-state index in [1.54, 1.807) is 18.2 Å². The van der Waals surface area contributed by atoms with E-state index >= 15 is 0 Å². The van der Waals surface area contributed by atoms with Crippen LogP contribution in [0.2, 0.25) is 0 Å². The molecule has 0 saturated heterocycles. The summed E-state index contributed by atoms with van der Waals surface area (Å²) in [4.78, 5) is 13.8. The Morgan fingerprint density at radius 1 is 1.24 bits per heavy atom. The van der Waals surface area contributed by atoms with Gasteiger partial charge in [0.15, 0.2) is 0 Å². The van der Waals surface area contributed by atoms with Gasteiger partial charge in [0.2, 0.25) is 0 Å². The molecule has 120 valence electrons. The number of hydrogen-bond acceptors (Lipinski definition) is 4. The standard InChI is InChI=1S/C16H27NO4/c1-8-11-17(15(18)21-16(4,5)6)13(9-2)14(10-3)20-12-19-7/h8-10,13-14H,1-3,11-12H2,4-7H3/t13-,14+/m0/s1. The first-order valence-electron chi connectivity index (χ1n) is 6.76. The molecule has 0 heterocycles. The Balaban J connectivity index is 5.17. The maximum atomic E-state index is 12.3. The number of methoxy groups -OCH3 is 1. The van der Waals surface area contributed by atoms with Crippen LogP contribution in [0, 0.1) is 0 Å². The minimum Gasteiger partial charge on any atom is -0.444 e. The zero-order chi connectivity index (χ0) is 16.5. The van der Waals surface area contributed by atoms with Gasteiger partial charge in [0, 0.05) is 13.7 Å². The summed E-state index contributed by atoms with van der Waals surface area (Å²) in [5.41, 5.74) is -0.584. The molecule has 0 bridgehead atoms. The summed E-state index contributed by atoms with van der Waals surface area (Å²) in [6.07, 6.45) is 3.94. The molecule has 5 nitrogen and oxygen atoms in total. The maximum Gasteiger partial charge on any atom is 0.411 e. The highest BCUT2D eigenvalue weighted by molar-refractivity contribution is 5.69. The molecule has 0 aliphatic rings. The van der Waals surface area contributed by atoms with E-state index in [0.717, 1.165) is 0 Å². The SMILES string of the molecule is C=CCN(C(=O)OC(C)(C)C)[C@@H](C=C)[C@@H](C=C)OCOC. The Labute approximate surface area is 127 Å². The second-order valence-electron chi connectivity index (χ2n) is 5.42. The third-order valence-electron chi connectivity index (χ3n) is 2.50. The van der Waals surface area contributed by atoms with Gasteiger partial charge in [-0.3, -0.25) is 4.90 Å². The van der Waals surface area contributed by atoms with Crippen molar-refractivity contribution in [3.63, 3.8) is 0 Å². The van der Waals surface area contributed by atoms with Gasteiger partial charge in [0.1, 0.15) is 18.5 Å². The molecule has 0 unspecified atom stereocenters. The molecule has 0 aliphatic heterocycles.